The van der Waals surface area contributed by atoms with Gasteiger partial charge in [0.25, 0.3) is 0 Å². The summed E-state index contributed by atoms with van der Waals surface area (Å²) in [6.45, 7) is 7.58. The highest BCUT2D eigenvalue weighted by Crippen LogP contribution is 2.37. The van der Waals surface area contributed by atoms with E-state index in [0.29, 0.717) is 10.8 Å². The van der Waals surface area contributed by atoms with Gasteiger partial charge >= 0.3 is 0 Å². The lowest BCUT2D eigenvalue weighted by molar-refractivity contribution is 0.0874. The maximum Gasteiger partial charge on any atom is 0.134 e. The summed E-state index contributed by atoms with van der Waals surface area (Å²) in [6, 6.07) is 6.22. The Kier molecular flexibility index (Phi) is 6.42. The molecule has 0 amide bonds. The van der Waals surface area contributed by atoms with Gasteiger partial charge in [-0.1, -0.05) is 22.8 Å². The maximum absolute atomic E-state index is 6.33. The summed E-state index contributed by atoms with van der Waals surface area (Å²) in [5.41, 5.74) is 17.2. The molecule has 0 bridgehead atoms. The Balaban J connectivity index is 2.14. The van der Waals surface area contributed by atoms with E-state index in [0.717, 1.165) is 53.9 Å². The number of hydrogen-bond donors (Lipinski definition) is 2. The molecule has 0 unspecified atom stereocenters. The number of rotatable bonds is 5. The summed E-state index contributed by atoms with van der Waals surface area (Å²) in [4.78, 5) is 12.1. The first-order valence-electron chi connectivity index (χ1n) is 9.61. The number of nitrogen functional groups attached to an aromatic ring is 1. The first-order valence-corrected chi connectivity index (χ1v) is 9.98. The number of nitrogens with two attached hydrogens (primary N) is 2. The lowest BCUT2D eigenvalue weighted by Gasteiger charge is -2.34. The van der Waals surface area contributed by atoms with E-state index in [9.17, 15) is 0 Å². The monoisotopic (exact) mass is 401 g/mol. The molecule has 0 atom stereocenters. The van der Waals surface area contributed by atoms with Crippen LogP contribution in [0.3, 0.4) is 0 Å². The minimum atomic E-state index is -0.0133. The number of hydrogen-bond acceptors (Lipinski definition) is 6. The minimum Gasteiger partial charge on any atom is -0.393 e. The molecule has 0 radical (unpaired) electrons. The lowest BCUT2D eigenvalue weighted by Crippen LogP contribution is -2.40. The average molecular weight is 402 g/mol. The van der Waals surface area contributed by atoms with Crippen LogP contribution in [0.1, 0.15) is 37.8 Å². The molecule has 7 heteroatoms. The molecule has 1 saturated heterocycles. The number of benzene rings is 1. The van der Waals surface area contributed by atoms with Gasteiger partial charge in [0.2, 0.25) is 0 Å². The Labute approximate surface area is 171 Å². The molecule has 2 heterocycles. The summed E-state index contributed by atoms with van der Waals surface area (Å²) in [5.74, 6) is 0.420. The van der Waals surface area contributed by atoms with Crippen molar-refractivity contribution in [3.63, 3.8) is 0 Å². The molecule has 1 aliphatic rings. The van der Waals surface area contributed by atoms with Gasteiger partial charge in [0.05, 0.1) is 17.5 Å². The molecule has 1 aromatic heterocycles. The summed E-state index contributed by atoms with van der Waals surface area (Å²) in [5, 5.41) is 4.81. The predicted molar refractivity (Wildman–Crippen MR) is 117 cm³/mol. The van der Waals surface area contributed by atoms with Crippen LogP contribution in [0.15, 0.2) is 29.6 Å². The summed E-state index contributed by atoms with van der Waals surface area (Å²) in [7, 11) is 0. The Bertz CT molecular complexity index is 840. The van der Waals surface area contributed by atoms with Crippen LogP contribution in [0.25, 0.3) is 11.1 Å². The fourth-order valence-corrected chi connectivity index (χ4v) is 3.72. The van der Waals surface area contributed by atoms with E-state index in [2.05, 4.69) is 21.1 Å². The van der Waals surface area contributed by atoms with Gasteiger partial charge in [-0.3, -0.25) is 0 Å². The molecule has 2 aromatic rings. The molecule has 0 saturated carbocycles. The SMILES string of the molecule is Cc1cc(Cl)cc(-c2cnc(N)c(/C=N/OC(C)C)c2N2CCC(N)CC2)c1. The zero-order valence-corrected chi connectivity index (χ0v) is 17.4. The fourth-order valence-electron chi connectivity index (χ4n) is 3.43. The predicted octanol–water partition coefficient (Wildman–Crippen LogP) is 3.98. The summed E-state index contributed by atoms with van der Waals surface area (Å²) < 4.78 is 0. The van der Waals surface area contributed by atoms with Crippen LogP contribution in [-0.4, -0.2) is 36.4 Å². The molecule has 1 aromatic carbocycles. The van der Waals surface area contributed by atoms with Gasteiger partial charge < -0.3 is 21.2 Å². The zero-order chi connectivity index (χ0) is 20.3. The van der Waals surface area contributed by atoms with Crippen LogP contribution in [0.2, 0.25) is 5.02 Å². The van der Waals surface area contributed by atoms with Gasteiger partial charge in [-0.15, -0.1) is 0 Å². The first kappa shape index (κ1) is 20.4. The molecular formula is C21H28ClN5O. The topological polar surface area (TPSA) is 89.8 Å². The Morgan fingerprint density at radius 2 is 2.00 bits per heavy atom. The second-order valence-electron chi connectivity index (χ2n) is 7.55. The number of aryl methyl sites for hydroxylation is 1. The van der Waals surface area contributed by atoms with E-state index < -0.39 is 0 Å². The van der Waals surface area contributed by atoms with E-state index in [4.69, 9.17) is 27.9 Å². The Morgan fingerprint density at radius 1 is 1.29 bits per heavy atom. The number of piperidine rings is 1. The lowest BCUT2D eigenvalue weighted by atomic mass is 9.97. The van der Waals surface area contributed by atoms with E-state index in [1.54, 1.807) is 6.21 Å². The smallest absolute Gasteiger partial charge is 0.134 e. The van der Waals surface area contributed by atoms with Crippen molar-refractivity contribution >= 4 is 29.3 Å². The van der Waals surface area contributed by atoms with Crippen LogP contribution in [0, 0.1) is 6.92 Å². The highest BCUT2D eigenvalue weighted by Gasteiger charge is 2.24. The van der Waals surface area contributed by atoms with Crippen molar-refractivity contribution in [2.75, 3.05) is 23.7 Å². The van der Waals surface area contributed by atoms with Gasteiger partial charge in [0, 0.05) is 35.9 Å². The highest BCUT2D eigenvalue weighted by atomic mass is 35.5. The van der Waals surface area contributed by atoms with Gasteiger partial charge in [-0.05, 0) is 56.9 Å². The second-order valence-corrected chi connectivity index (χ2v) is 7.99. The van der Waals surface area contributed by atoms with Crippen molar-refractivity contribution in [3.05, 3.63) is 40.5 Å². The van der Waals surface area contributed by atoms with E-state index in [-0.39, 0.29) is 12.1 Å². The normalized spacial score (nSPS) is 15.6. The number of halogens is 1. The van der Waals surface area contributed by atoms with E-state index in [1.807, 2.05) is 39.1 Å². The first-order chi connectivity index (χ1) is 13.3. The molecule has 1 fully saturated rings. The van der Waals surface area contributed by atoms with Crippen LogP contribution in [0.4, 0.5) is 11.5 Å². The van der Waals surface area contributed by atoms with E-state index >= 15 is 0 Å². The molecule has 6 nitrogen and oxygen atoms in total. The molecule has 28 heavy (non-hydrogen) atoms. The molecule has 1 aliphatic heterocycles. The van der Waals surface area contributed by atoms with Crippen molar-refractivity contribution in [3.8, 4) is 11.1 Å². The van der Waals surface area contributed by atoms with Crippen molar-refractivity contribution in [2.24, 2.45) is 10.9 Å². The van der Waals surface area contributed by atoms with Crippen LogP contribution in [-0.2, 0) is 4.84 Å². The highest BCUT2D eigenvalue weighted by molar-refractivity contribution is 6.31. The number of aromatic nitrogens is 1. The zero-order valence-electron chi connectivity index (χ0n) is 16.7. The van der Waals surface area contributed by atoms with Crippen molar-refractivity contribution in [2.45, 2.75) is 45.8 Å². The molecule has 3 rings (SSSR count). The third kappa shape index (κ3) is 4.75. The Hall–Kier alpha value is -2.31. The van der Waals surface area contributed by atoms with Crippen LogP contribution >= 0.6 is 11.6 Å². The third-order valence-electron chi connectivity index (χ3n) is 4.78. The number of pyridine rings is 1. The van der Waals surface area contributed by atoms with Crippen molar-refractivity contribution in [1.29, 1.82) is 0 Å². The minimum absolute atomic E-state index is 0.0133. The van der Waals surface area contributed by atoms with Gasteiger partial charge in [-0.2, -0.15) is 0 Å². The average Bonchev–Trinajstić information content (AvgIpc) is 2.62. The number of nitrogens with zero attached hydrogens (tertiary/aromatic N) is 3. The Morgan fingerprint density at radius 3 is 2.64 bits per heavy atom. The van der Waals surface area contributed by atoms with Crippen molar-refractivity contribution in [1.82, 2.24) is 4.98 Å². The second kappa shape index (κ2) is 8.80. The van der Waals surface area contributed by atoms with Gasteiger partial charge in [0.15, 0.2) is 0 Å². The third-order valence-corrected chi connectivity index (χ3v) is 5.00. The molecule has 4 N–H and O–H groups in total. The maximum atomic E-state index is 6.33. The molecular weight excluding hydrogens is 374 g/mol. The molecule has 0 aliphatic carbocycles. The molecule has 0 spiro atoms. The van der Waals surface area contributed by atoms with E-state index in [1.165, 1.54) is 0 Å². The number of oxime groups is 1. The standard InChI is InChI=1S/C21H28ClN5O/c1-13(2)28-26-12-19-20(27-6-4-17(23)5-7-27)18(11-25-21(19)24)15-8-14(3)9-16(22)10-15/h8-13,17H,4-7,23H2,1-3H3,(H2,24,25)/b26-12+. The van der Waals surface area contributed by atoms with Gasteiger partial charge in [0.1, 0.15) is 11.9 Å². The summed E-state index contributed by atoms with van der Waals surface area (Å²) in [6.07, 6.45) is 5.31. The van der Waals surface area contributed by atoms with Gasteiger partial charge in [-0.25, -0.2) is 4.98 Å². The van der Waals surface area contributed by atoms with Crippen LogP contribution in [0.5, 0.6) is 0 Å². The number of anilines is 2. The molecule has 150 valence electrons. The fraction of sp³-hybridized carbons (Fsp3) is 0.429. The van der Waals surface area contributed by atoms with Crippen LogP contribution < -0.4 is 16.4 Å². The van der Waals surface area contributed by atoms with Crippen molar-refractivity contribution < 1.29 is 4.84 Å². The quantitative estimate of drug-likeness (QED) is 0.584. The largest absolute Gasteiger partial charge is 0.393 e. The summed E-state index contributed by atoms with van der Waals surface area (Å²) >= 11 is 6.33.